The zero-order valence-electron chi connectivity index (χ0n) is 11.3. The molecule has 0 aliphatic heterocycles. The highest BCUT2D eigenvalue weighted by molar-refractivity contribution is 5.37. The molecule has 1 saturated carbocycles. The van der Waals surface area contributed by atoms with Crippen molar-refractivity contribution in [2.45, 2.75) is 51.1 Å². The van der Waals surface area contributed by atoms with E-state index >= 15 is 0 Å². The Morgan fingerprint density at radius 3 is 2.61 bits per heavy atom. The summed E-state index contributed by atoms with van der Waals surface area (Å²) in [5, 5.41) is 3.78. The van der Waals surface area contributed by atoms with Crippen LogP contribution in [0.4, 0.5) is 0 Å². The molecule has 0 heterocycles. The molecule has 0 bridgehead atoms. The zero-order chi connectivity index (χ0) is 12.6. The van der Waals surface area contributed by atoms with Gasteiger partial charge in [-0.1, -0.05) is 37.6 Å². The SMILES string of the molecule is CCC1(CNC2CC(N)c3ccccc32)CCC1. The Hall–Kier alpha value is -0.860. The van der Waals surface area contributed by atoms with Gasteiger partial charge in [-0.2, -0.15) is 0 Å². The third-order valence-electron chi connectivity index (χ3n) is 5.15. The molecule has 3 N–H and O–H groups in total. The Morgan fingerprint density at radius 1 is 1.28 bits per heavy atom. The van der Waals surface area contributed by atoms with Gasteiger partial charge in [-0.15, -0.1) is 0 Å². The van der Waals surface area contributed by atoms with Gasteiger partial charge in [-0.05, 0) is 42.2 Å². The first-order chi connectivity index (χ1) is 8.74. The summed E-state index contributed by atoms with van der Waals surface area (Å²) in [5.74, 6) is 0. The van der Waals surface area contributed by atoms with Crippen LogP contribution in [0.5, 0.6) is 0 Å². The average molecular weight is 244 g/mol. The lowest BCUT2D eigenvalue weighted by atomic mass is 9.67. The van der Waals surface area contributed by atoms with Crippen molar-refractivity contribution in [1.29, 1.82) is 0 Å². The standard InChI is InChI=1S/C16H24N2/c1-2-16(8-5-9-16)11-18-15-10-14(17)12-6-3-4-7-13(12)15/h3-4,6-7,14-15,18H,2,5,8-11,17H2,1H3. The number of nitrogens with one attached hydrogen (secondary N) is 1. The molecule has 2 nitrogen and oxygen atoms in total. The Balaban J connectivity index is 1.68. The second-order valence-electron chi connectivity index (χ2n) is 6.11. The largest absolute Gasteiger partial charge is 0.324 e. The quantitative estimate of drug-likeness (QED) is 0.853. The maximum Gasteiger partial charge on any atom is 0.0341 e. The van der Waals surface area contributed by atoms with Gasteiger partial charge in [-0.25, -0.2) is 0 Å². The number of hydrogen-bond acceptors (Lipinski definition) is 2. The van der Waals surface area contributed by atoms with Crippen LogP contribution >= 0.6 is 0 Å². The lowest BCUT2D eigenvalue weighted by Gasteiger charge is -2.42. The van der Waals surface area contributed by atoms with Crippen molar-refractivity contribution in [1.82, 2.24) is 5.32 Å². The molecule has 3 rings (SSSR count). The molecule has 1 fully saturated rings. The van der Waals surface area contributed by atoms with E-state index in [9.17, 15) is 0 Å². The number of hydrogen-bond donors (Lipinski definition) is 2. The highest BCUT2D eigenvalue weighted by Crippen LogP contribution is 2.44. The van der Waals surface area contributed by atoms with Gasteiger partial charge in [0.1, 0.15) is 0 Å². The van der Waals surface area contributed by atoms with E-state index < -0.39 is 0 Å². The molecule has 1 aromatic carbocycles. The molecule has 1 aromatic rings. The van der Waals surface area contributed by atoms with Gasteiger partial charge in [0.05, 0.1) is 0 Å². The minimum Gasteiger partial charge on any atom is -0.324 e. The number of fused-ring (bicyclic) bond motifs is 1. The molecule has 2 unspecified atom stereocenters. The molecule has 2 aliphatic rings. The number of benzene rings is 1. The fourth-order valence-electron chi connectivity index (χ4n) is 3.54. The first-order valence-electron chi connectivity index (χ1n) is 7.32. The maximum atomic E-state index is 6.22. The molecule has 0 aromatic heterocycles. The van der Waals surface area contributed by atoms with E-state index in [4.69, 9.17) is 5.73 Å². The fourth-order valence-corrected chi connectivity index (χ4v) is 3.54. The lowest BCUT2D eigenvalue weighted by molar-refractivity contribution is 0.118. The van der Waals surface area contributed by atoms with E-state index in [0.29, 0.717) is 11.5 Å². The van der Waals surface area contributed by atoms with Crippen molar-refractivity contribution in [3.8, 4) is 0 Å². The molecule has 2 aliphatic carbocycles. The van der Waals surface area contributed by atoms with Crippen LogP contribution < -0.4 is 11.1 Å². The van der Waals surface area contributed by atoms with Gasteiger partial charge in [-0.3, -0.25) is 0 Å². The van der Waals surface area contributed by atoms with E-state index in [2.05, 4.69) is 36.5 Å². The van der Waals surface area contributed by atoms with Crippen molar-refractivity contribution < 1.29 is 0 Å². The molecule has 98 valence electrons. The third-order valence-corrected chi connectivity index (χ3v) is 5.15. The van der Waals surface area contributed by atoms with Gasteiger partial charge in [0.15, 0.2) is 0 Å². The second kappa shape index (κ2) is 4.67. The summed E-state index contributed by atoms with van der Waals surface area (Å²) in [5.41, 5.74) is 9.57. The van der Waals surface area contributed by atoms with Gasteiger partial charge in [0.2, 0.25) is 0 Å². The summed E-state index contributed by atoms with van der Waals surface area (Å²) < 4.78 is 0. The number of rotatable bonds is 4. The van der Waals surface area contributed by atoms with Crippen LogP contribution in [-0.2, 0) is 0 Å². The fraction of sp³-hybridized carbons (Fsp3) is 0.625. The van der Waals surface area contributed by atoms with Crippen LogP contribution in [0.3, 0.4) is 0 Å². The summed E-state index contributed by atoms with van der Waals surface area (Å²) in [4.78, 5) is 0. The number of nitrogens with two attached hydrogens (primary N) is 1. The van der Waals surface area contributed by atoms with Gasteiger partial charge in [0, 0.05) is 18.6 Å². The van der Waals surface area contributed by atoms with Crippen LogP contribution in [0, 0.1) is 5.41 Å². The Bertz CT molecular complexity index is 417. The van der Waals surface area contributed by atoms with Crippen LogP contribution in [0.15, 0.2) is 24.3 Å². The smallest absolute Gasteiger partial charge is 0.0341 e. The molecule has 0 saturated heterocycles. The van der Waals surface area contributed by atoms with Crippen molar-refractivity contribution in [3.63, 3.8) is 0 Å². The zero-order valence-corrected chi connectivity index (χ0v) is 11.3. The lowest BCUT2D eigenvalue weighted by Crippen LogP contribution is -2.40. The summed E-state index contributed by atoms with van der Waals surface area (Å²) in [6.45, 7) is 3.49. The van der Waals surface area contributed by atoms with Crippen molar-refractivity contribution in [3.05, 3.63) is 35.4 Å². The maximum absolute atomic E-state index is 6.22. The highest BCUT2D eigenvalue weighted by Gasteiger charge is 2.36. The first kappa shape index (κ1) is 12.2. The van der Waals surface area contributed by atoms with Crippen LogP contribution in [-0.4, -0.2) is 6.54 Å². The van der Waals surface area contributed by atoms with Gasteiger partial charge in [0.25, 0.3) is 0 Å². The Morgan fingerprint density at radius 2 is 2.00 bits per heavy atom. The third kappa shape index (κ3) is 1.98. The van der Waals surface area contributed by atoms with Gasteiger partial charge < -0.3 is 11.1 Å². The monoisotopic (exact) mass is 244 g/mol. The van der Waals surface area contributed by atoms with Crippen LogP contribution in [0.2, 0.25) is 0 Å². The minimum atomic E-state index is 0.220. The Labute approximate surface area is 110 Å². The van der Waals surface area contributed by atoms with Crippen molar-refractivity contribution in [2.75, 3.05) is 6.54 Å². The predicted octanol–water partition coefficient (Wildman–Crippen LogP) is 3.30. The van der Waals surface area contributed by atoms with E-state index in [1.54, 1.807) is 0 Å². The summed E-state index contributed by atoms with van der Waals surface area (Å²) in [6.07, 6.45) is 6.57. The van der Waals surface area contributed by atoms with E-state index in [0.717, 1.165) is 13.0 Å². The molecular weight excluding hydrogens is 220 g/mol. The molecule has 2 atom stereocenters. The molecular formula is C16H24N2. The van der Waals surface area contributed by atoms with Crippen LogP contribution in [0.1, 0.15) is 62.2 Å². The molecule has 0 radical (unpaired) electrons. The normalized spacial score (nSPS) is 28.8. The minimum absolute atomic E-state index is 0.220. The summed E-state index contributed by atoms with van der Waals surface area (Å²) in [7, 11) is 0. The van der Waals surface area contributed by atoms with Crippen molar-refractivity contribution >= 4 is 0 Å². The molecule has 18 heavy (non-hydrogen) atoms. The molecule has 2 heteroatoms. The van der Waals surface area contributed by atoms with E-state index in [1.807, 2.05) is 0 Å². The van der Waals surface area contributed by atoms with E-state index in [-0.39, 0.29) is 6.04 Å². The Kier molecular flexibility index (Phi) is 3.16. The summed E-state index contributed by atoms with van der Waals surface area (Å²) in [6, 6.07) is 9.34. The first-order valence-corrected chi connectivity index (χ1v) is 7.32. The topological polar surface area (TPSA) is 38.0 Å². The average Bonchev–Trinajstić information content (AvgIpc) is 2.67. The van der Waals surface area contributed by atoms with Crippen LogP contribution in [0.25, 0.3) is 0 Å². The second-order valence-corrected chi connectivity index (χ2v) is 6.11. The molecule has 0 amide bonds. The highest BCUT2D eigenvalue weighted by atomic mass is 14.9. The van der Waals surface area contributed by atoms with Gasteiger partial charge >= 0.3 is 0 Å². The van der Waals surface area contributed by atoms with E-state index in [1.165, 1.54) is 36.8 Å². The van der Waals surface area contributed by atoms with Crippen molar-refractivity contribution in [2.24, 2.45) is 11.1 Å². The summed E-state index contributed by atoms with van der Waals surface area (Å²) >= 11 is 0. The molecule has 0 spiro atoms. The predicted molar refractivity (Wildman–Crippen MR) is 75.3 cm³/mol.